The summed E-state index contributed by atoms with van der Waals surface area (Å²) in [4.78, 5) is 0. The van der Waals surface area contributed by atoms with Gasteiger partial charge in [0.05, 0.1) is 0 Å². The van der Waals surface area contributed by atoms with Crippen molar-refractivity contribution in [1.29, 1.82) is 0 Å². The van der Waals surface area contributed by atoms with Crippen molar-refractivity contribution in [2.45, 2.75) is 6.92 Å². The van der Waals surface area contributed by atoms with E-state index in [-0.39, 0.29) is 13.2 Å². The molecule has 14 heavy (non-hydrogen) atoms. The number of halogens is 4. The maximum Gasteiger partial charge on any atom is 0.482 e. The van der Waals surface area contributed by atoms with Crippen molar-refractivity contribution < 1.29 is 23.2 Å². The Kier molecular flexibility index (Phi) is 5.60. The summed E-state index contributed by atoms with van der Waals surface area (Å²) in [6.45, 7) is 1.26. The minimum absolute atomic E-state index is 0. The normalized spacial score (nSPS) is 9.07. The van der Waals surface area contributed by atoms with Gasteiger partial charge < -0.3 is 10.0 Å². The van der Waals surface area contributed by atoms with Crippen molar-refractivity contribution in [2.24, 2.45) is 0 Å². The molecule has 1 radical (unpaired) electrons. The van der Waals surface area contributed by atoms with Crippen molar-refractivity contribution in [2.75, 3.05) is 0 Å². The van der Waals surface area contributed by atoms with Crippen LogP contribution in [0.5, 0.6) is 0 Å². The van der Waals surface area contributed by atoms with Gasteiger partial charge in [-0.3, -0.25) is 0 Å². The maximum absolute atomic E-state index is 12.5. The first kappa shape index (κ1) is 13.3. The highest BCUT2D eigenvalue weighted by Gasteiger charge is 2.14. The Morgan fingerprint density at radius 3 is 2.07 bits per heavy atom. The van der Waals surface area contributed by atoms with Crippen LogP contribution in [0.3, 0.4) is 0 Å². The lowest BCUT2D eigenvalue weighted by Crippen LogP contribution is -1.93. The average Bonchev–Trinajstić information content (AvgIpc) is 2.13. The SMILES string of the molecule is Cc1cc(F)c(Cl)c(F)c1F.O[B]O. The van der Waals surface area contributed by atoms with Crippen LogP contribution >= 0.6 is 11.6 Å². The third-order valence-electron chi connectivity index (χ3n) is 1.28. The molecule has 77 valence electrons. The van der Waals surface area contributed by atoms with Gasteiger partial charge in [-0.15, -0.1) is 0 Å². The molecule has 2 N–H and O–H groups in total. The fraction of sp³-hybridized carbons (Fsp3) is 0.143. The van der Waals surface area contributed by atoms with Crippen LogP contribution in [-0.4, -0.2) is 17.7 Å². The van der Waals surface area contributed by atoms with Crippen LogP contribution in [0.1, 0.15) is 5.56 Å². The molecule has 7 heteroatoms. The van der Waals surface area contributed by atoms with E-state index in [1.54, 1.807) is 0 Å². The van der Waals surface area contributed by atoms with E-state index in [0.717, 1.165) is 6.07 Å². The van der Waals surface area contributed by atoms with Gasteiger partial charge in [0.25, 0.3) is 0 Å². The van der Waals surface area contributed by atoms with E-state index in [2.05, 4.69) is 0 Å². The first-order valence-electron chi connectivity index (χ1n) is 3.35. The van der Waals surface area contributed by atoms with E-state index in [0.29, 0.717) is 0 Å². The molecule has 0 aromatic heterocycles. The Morgan fingerprint density at radius 2 is 1.64 bits per heavy atom. The van der Waals surface area contributed by atoms with Crippen LogP contribution in [0, 0.1) is 24.4 Å². The molecule has 1 aromatic carbocycles. The summed E-state index contributed by atoms with van der Waals surface area (Å²) in [5.74, 6) is -3.37. The predicted molar refractivity (Wildman–Crippen MR) is 46.3 cm³/mol. The second kappa shape index (κ2) is 5.90. The molecule has 0 spiro atoms. The molecule has 0 saturated heterocycles. The van der Waals surface area contributed by atoms with Crippen molar-refractivity contribution in [1.82, 2.24) is 0 Å². The number of aryl methyl sites for hydroxylation is 1. The molecule has 0 unspecified atom stereocenters. The molecule has 0 fully saturated rings. The van der Waals surface area contributed by atoms with Crippen molar-refractivity contribution in [3.8, 4) is 0 Å². The van der Waals surface area contributed by atoms with Gasteiger partial charge in [-0.1, -0.05) is 11.6 Å². The van der Waals surface area contributed by atoms with Crippen LogP contribution in [0.2, 0.25) is 5.02 Å². The third kappa shape index (κ3) is 3.21. The Balaban J connectivity index is 0.000000500. The van der Waals surface area contributed by atoms with E-state index >= 15 is 0 Å². The van der Waals surface area contributed by atoms with Gasteiger partial charge >= 0.3 is 7.69 Å². The van der Waals surface area contributed by atoms with Crippen LogP contribution in [0.4, 0.5) is 13.2 Å². The van der Waals surface area contributed by atoms with Crippen molar-refractivity contribution >= 4 is 19.3 Å². The number of benzene rings is 1. The molecular weight excluding hydrogens is 219 g/mol. The standard InChI is InChI=1S/C7H4ClF3.BH2O2/c1-3-2-4(9)5(8)7(11)6(3)10;2-1-3/h2H,1H3;2-3H. The van der Waals surface area contributed by atoms with Crippen LogP contribution < -0.4 is 0 Å². The molecule has 1 aromatic rings. The van der Waals surface area contributed by atoms with E-state index in [1.165, 1.54) is 6.92 Å². The highest BCUT2D eigenvalue weighted by atomic mass is 35.5. The molecule has 0 amide bonds. The lowest BCUT2D eigenvalue weighted by Gasteiger charge is -2.00. The molecule has 1 rings (SSSR count). The predicted octanol–water partition coefficient (Wildman–Crippen LogP) is 1.57. The number of hydrogen-bond acceptors (Lipinski definition) is 2. The van der Waals surface area contributed by atoms with E-state index in [9.17, 15) is 13.2 Å². The first-order chi connectivity index (χ1) is 6.45. The second-order valence-electron chi connectivity index (χ2n) is 2.23. The summed E-state index contributed by atoms with van der Waals surface area (Å²) in [5.41, 5.74) is -0.0931. The number of hydrogen-bond donors (Lipinski definition) is 2. The Hall–Kier alpha value is -0.715. The van der Waals surface area contributed by atoms with Crippen LogP contribution in [0.15, 0.2) is 6.07 Å². The van der Waals surface area contributed by atoms with Gasteiger partial charge in [-0.2, -0.15) is 0 Å². The molecule has 0 atom stereocenters. The Labute approximate surface area is 84.2 Å². The molecule has 0 aliphatic carbocycles. The lowest BCUT2D eigenvalue weighted by atomic mass is 10.2. The van der Waals surface area contributed by atoms with Gasteiger partial charge in [0.2, 0.25) is 0 Å². The fourth-order valence-electron chi connectivity index (χ4n) is 0.691. The maximum atomic E-state index is 12.5. The quantitative estimate of drug-likeness (QED) is 0.400. The summed E-state index contributed by atoms with van der Waals surface area (Å²) in [5, 5.41) is 13.2. The summed E-state index contributed by atoms with van der Waals surface area (Å²) in [6.07, 6.45) is 0. The highest BCUT2D eigenvalue weighted by molar-refractivity contribution is 6.30. The minimum Gasteiger partial charge on any atom is -0.429 e. The smallest absolute Gasteiger partial charge is 0.429 e. The number of rotatable bonds is 0. The minimum atomic E-state index is -1.33. The fourth-order valence-corrected chi connectivity index (χ4v) is 0.829. The molecule has 0 bridgehead atoms. The molecule has 0 aliphatic heterocycles. The van der Waals surface area contributed by atoms with Gasteiger partial charge in [0, 0.05) is 0 Å². The summed E-state index contributed by atoms with van der Waals surface area (Å²) >= 11 is 5.06. The van der Waals surface area contributed by atoms with Crippen LogP contribution in [-0.2, 0) is 0 Å². The zero-order valence-corrected chi connectivity index (χ0v) is 7.82. The Morgan fingerprint density at radius 1 is 1.21 bits per heavy atom. The summed E-state index contributed by atoms with van der Waals surface area (Å²) in [7, 11) is 0. The highest BCUT2D eigenvalue weighted by Crippen LogP contribution is 2.23. The van der Waals surface area contributed by atoms with E-state index < -0.39 is 22.5 Å². The molecular formula is C7H6BClF3O2. The first-order valence-corrected chi connectivity index (χ1v) is 3.73. The second-order valence-corrected chi connectivity index (χ2v) is 2.61. The molecule has 0 heterocycles. The monoisotopic (exact) mass is 225 g/mol. The van der Waals surface area contributed by atoms with Crippen molar-refractivity contribution in [3.63, 3.8) is 0 Å². The van der Waals surface area contributed by atoms with Crippen LogP contribution in [0.25, 0.3) is 0 Å². The summed E-state index contributed by atoms with van der Waals surface area (Å²) in [6, 6.07) is 0.848. The zero-order chi connectivity index (χ0) is 11.3. The largest absolute Gasteiger partial charge is 0.482 e. The van der Waals surface area contributed by atoms with Gasteiger partial charge in [-0.05, 0) is 18.6 Å². The van der Waals surface area contributed by atoms with E-state index in [1.807, 2.05) is 0 Å². The third-order valence-corrected chi connectivity index (χ3v) is 1.63. The Bertz CT molecular complexity index is 296. The van der Waals surface area contributed by atoms with Gasteiger partial charge in [-0.25, -0.2) is 13.2 Å². The molecule has 2 nitrogen and oxygen atoms in total. The average molecular weight is 225 g/mol. The lowest BCUT2D eigenvalue weighted by molar-refractivity contribution is 0.448. The topological polar surface area (TPSA) is 40.5 Å². The van der Waals surface area contributed by atoms with E-state index in [4.69, 9.17) is 21.6 Å². The zero-order valence-electron chi connectivity index (χ0n) is 7.06. The van der Waals surface area contributed by atoms with Gasteiger partial charge in [0.1, 0.15) is 10.8 Å². The van der Waals surface area contributed by atoms with Gasteiger partial charge in [0.15, 0.2) is 11.6 Å². The molecule has 0 saturated carbocycles. The summed E-state index contributed by atoms with van der Waals surface area (Å²) < 4.78 is 37.5. The van der Waals surface area contributed by atoms with Crippen molar-refractivity contribution in [3.05, 3.63) is 34.1 Å². The molecule has 0 aliphatic rings.